The van der Waals surface area contributed by atoms with Crippen LogP contribution in [-0.4, -0.2) is 39.3 Å². The van der Waals surface area contributed by atoms with E-state index >= 15 is 0 Å². The number of aromatic amines is 1. The Bertz CT molecular complexity index is 959. The van der Waals surface area contributed by atoms with Gasteiger partial charge in [0.25, 0.3) is 5.91 Å². The second-order valence-corrected chi connectivity index (χ2v) is 6.80. The molecule has 2 heterocycles. The molecule has 1 aromatic carbocycles. The van der Waals surface area contributed by atoms with E-state index in [1.807, 2.05) is 25.1 Å². The molecule has 0 saturated carbocycles. The summed E-state index contributed by atoms with van der Waals surface area (Å²) < 4.78 is 0. The number of benzene rings is 1. The molecule has 0 spiro atoms. The van der Waals surface area contributed by atoms with Crippen LogP contribution in [0.25, 0.3) is 11.0 Å². The zero-order valence-electron chi connectivity index (χ0n) is 13.6. The van der Waals surface area contributed by atoms with E-state index in [2.05, 4.69) is 9.97 Å². The van der Waals surface area contributed by atoms with Crippen LogP contribution >= 0.6 is 11.6 Å². The third-order valence-electron chi connectivity index (χ3n) is 5.05. The summed E-state index contributed by atoms with van der Waals surface area (Å²) >= 11 is 6.14. The number of nitrogens with two attached hydrogens (primary N) is 1. The van der Waals surface area contributed by atoms with Crippen LogP contribution in [0.15, 0.2) is 41.5 Å². The van der Waals surface area contributed by atoms with Crippen LogP contribution in [0.5, 0.6) is 0 Å². The number of hydrogen-bond donors (Lipinski definition) is 2. The van der Waals surface area contributed by atoms with Crippen LogP contribution in [0, 0.1) is 5.92 Å². The molecule has 4 rings (SSSR count). The standard InChI is InChI=1S/C18H17ClN4O2/c1-9-10-5-6-12(16(20)24)11(10)7-8-23(9)18(25)17-21-14-4-2-3-13(19)15(14)22-17/h2-6,9,11H,7-8H2,1H3,(H2,20,24)(H,21,22). The van der Waals surface area contributed by atoms with E-state index in [4.69, 9.17) is 17.3 Å². The molecule has 1 aromatic heterocycles. The smallest absolute Gasteiger partial charge is 0.290 e. The van der Waals surface area contributed by atoms with Crippen LogP contribution in [0.4, 0.5) is 0 Å². The van der Waals surface area contributed by atoms with Gasteiger partial charge in [0.1, 0.15) is 5.52 Å². The van der Waals surface area contributed by atoms with Gasteiger partial charge in [-0.1, -0.05) is 29.8 Å². The van der Waals surface area contributed by atoms with Crippen molar-refractivity contribution in [3.05, 3.63) is 52.3 Å². The minimum Gasteiger partial charge on any atom is -0.366 e. The van der Waals surface area contributed by atoms with Crippen LogP contribution in [0.3, 0.4) is 0 Å². The number of carbonyl (C=O) groups excluding carboxylic acids is 2. The molecule has 128 valence electrons. The first-order valence-corrected chi connectivity index (χ1v) is 8.52. The fraction of sp³-hybridized carbons (Fsp3) is 0.278. The molecule has 2 amide bonds. The number of primary amides is 1. The second-order valence-electron chi connectivity index (χ2n) is 6.39. The summed E-state index contributed by atoms with van der Waals surface area (Å²) in [5.41, 5.74) is 8.44. The molecule has 1 aliphatic carbocycles. The van der Waals surface area contributed by atoms with Gasteiger partial charge >= 0.3 is 0 Å². The van der Waals surface area contributed by atoms with Crippen molar-refractivity contribution >= 4 is 34.4 Å². The molecule has 2 atom stereocenters. The number of likely N-dealkylation sites (tertiary alicyclic amines) is 1. The molecular weight excluding hydrogens is 340 g/mol. The highest BCUT2D eigenvalue weighted by molar-refractivity contribution is 6.35. The number of fused-ring (bicyclic) bond motifs is 2. The highest BCUT2D eigenvalue weighted by atomic mass is 35.5. The Labute approximate surface area is 149 Å². The summed E-state index contributed by atoms with van der Waals surface area (Å²) in [5.74, 6) is -0.279. The Morgan fingerprint density at radius 2 is 2.16 bits per heavy atom. The molecule has 1 saturated heterocycles. The van der Waals surface area contributed by atoms with Gasteiger partial charge in [0.15, 0.2) is 5.82 Å². The zero-order valence-corrected chi connectivity index (χ0v) is 14.4. The molecule has 0 bridgehead atoms. The topological polar surface area (TPSA) is 92.1 Å². The fourth-order valence-electron chi connectivity index (χ4n) is 3.76. The number of imidazole rings is 1. The van der Waals surface area contributed by atoms with Crippen molar-refractivity contribution in [1.82, 2.24) is 14.9 Å². The summed E-state index contributed by atoms with van der Waals surface area (Å²) in [6, 6.07) is 5.27. The highest BCUT2D eigenvalue weighted by Crippen LogP contribution is 2.38. The Morgan fingerprint density at radius 1 is 1.36 bits per heavy atom. The molecule has 2 aromatic rings. The van der Waals surface area contributed by atoms with Gasteiger partial charge in [-0.2, -0.15) is 0 Å². The summed E-state index contributed by atoms with van der Waals surface area (Å²) in [7, 11) is 0. The van der Waals surface area contributed by atoms with Gasteiger partial charge in [0.05, 0.1) is 16.6 Å². The number of hydrogen-bond acceptors (Lipinski definition) is 3. The molecule has 1 fully saturated rings. The quantitative estimate of drug-likeness (QED) is 0.865. The SMILES string of the molecule is CC1C2=CC=C(C(N)=O)C2CCN1C(=O)c1nc2c(Cl)cccc2[nH]1. The van der Waals surface area contributed by atoms with Gasteiger partial charge in [-0.05, 0) is 31.1 Å². The van der Waals surface area contributed by atoms with Crippen molar-refractivity contribution in [1.29, 1.82) is 0 Å². The zero-order chi connectivity index (χ0) is 17.7. The molecule has 0 radical (unpaired) electrons. The minimum atomic E-state index is -0.393. The van der Waals surface area contributed by atoms with E-state index in [9.17, 15) is 9.59 Å². The average molecular weight is 357 g/mol. The van der Waals surface area contributed by atoms with Gasteiger partial charge in [-0.15, -0.1) is 0 Å². The molecule has 2 unspecified atom stereocenters. The van der Waals surface area contributed by atoms with Crippen LogP contribution in [0.2, 0.25) is 5.02 Å². The van der Waals surface area contributed by atoms with Crippen molar-refractivity contribution in [3.63, 3.8) is 0 Å². The number of piperidine rings is 1. The maximum atomic E-state index is 12.9. The first-order chi connectivity index (χ1) is 12.0. The van der Waals surface area contributed by atoms with E-state index in [1.165, 1.54) is 0 Å². The number of nitrogens with zero attached hydrogens (tertiary/aromatic N) is 2. The second kappa shape index (κ2) is 5.74. The van der Waals surface area contributed by atoms with Crippen LogP contribution < -0.4 is 5.73 Å². The molecule has 7 heteroatoms. The van der Waals surface area contributed by atoms with Gasteiger partial charge in [-0.25, -0.2) is 4.98 Å². The summed E-state index contributed by atoms with van der Waals surface area (Å²) in [6.45, 7) is 2.50. The lowest BCUT2D eigenvalue weighted by Crippen LogP contribution is -2.46. The number of aromatic nitrogens is 2. The van der Waals surface area contributed by atoms with Crippen molar-refractivity contribution in [2.24, 2.45) is 11.7 Å². The number of amides is 2. The molecule has 2 aliphatic rings. The number of halogens is 1. The molecular formula is C18H17ClN4O2. The Morgan fingerprint density at radius 3 is 2.88 bits per heavy atom. The predicted octanol–water partition coefficient (Wildman–Crippen LogP) is 2.42. The number of nitrogens with one attached hydrogen (secondary N) is 1. The normalized spacial score (nSPS) is 22.6. The lowest BCUT2D eigenvalue weighted by atomic mass is 9.84. The lowest BCUT2D eigenvalue weighted by Gasteiger charge is -2.38. The van der Waals surface area contributed by atoms with Crippen LogP contribution in [0.1, 0.15) is 24.0 Å². The Hall–Kier alpha value is -2.60. The number of carbonyl (C=O) groups is 2. The number of para-hydroxylation sites is 1. The van der Waals surface area contributed by atoms with Gasteiger partial charge in [-0.3, -0.25) is 9.59 Å². The first-order valence-electron chi connectivity index (χ1n) is 8.14. The number of allylic oxidation sites excluding steroid dienone is 2. The third kappa shape index (κ3) is 2.44. The predicted molar refractivity (Wildman–Crippen MR) is 95.1 cm³/mol. The average Bonchev–Trinajstić information content (AvgIpc) is 3.19. The van der Waals surface area contributed by atoms with Crippen molar-refractivity contribution in [2.75, 3.05) is 6.54 Å². The van der Waals surface area contributed by atoms with Crippen molar-refractivity contribution in [3.8, 4) is 0 Å². The fourth-order valence-corrected chi connectivity index (χ4v) is 3.97. The van der Waals surface area contributed by atoms with Crippen molar-refractivity contribution in [2.45, 2.75) is 19.4 Å². The molecule has 3 N–H and O–H groups in total. The van der Waals surface area contributed by atoms with E-state index in [0.717, 1.165) is 11.1 Å². The lowest BCUT2D eigenvalue weighted by molar-refractivity contribution is -0.115. The largest absolute Gasteiger partial charge is 0.366 e. The highest BCUT2D eigenvalue weighted by Gasteiger charge is 2.38. The minimum absolute atomic E-state index is 0.0154. The number of rotatable bonds is 2. The Balaban J connectivity index is 1.61. The van der Waals surface area contributed by atoms with Gasteiger partial charge < -0.3 is 15.6 Å². The molecule has 1 aliphatic heterocycles. The van der Waals surface area contributed by atoms with Gasteiger partial charge in [0.2, 0.25) is 5.91 Å². The van der Waals surface area contributed by atoms with Crippen LogP contribution in [-0.2, 0) is 4.79 Å². The van der Waals surface area contributed by atoms with E-state index in [0.29, 0.717) is 29.1 Å². The first kappa shape index (κ1) is 15.9. The summed E-state index contributed by atoms with van der Waals surface area (Å²) in [5, 5.41) is 0.508. The van der Waals surface area contributed by atoms with E-state index < -0.39 is 5.91 Å². The number of H-pyrrole nitrogens is 1. The molecule has 25 heavy (non-hydrogen) atoms. The van der Waals surface area contributed by atoms with E-state index in [-0.39, 0.29) is 23.7 Å². The van der Waals surface area contributed by atoms with Crippen molar-refractivity contribution < 1.29 is 9.59 Å². The monoisotopic (exact) mass is 356 g/mol. The summed E-state index contributed by atoms with van der Waals surface area (Å²) in [4.78, 5) is 33.7. The third-order valence-corrected chi connectivity index (χ3v) is 5.36. The van der Waals surface area contributed by atoms with Gasteiger partial charge in [0, 0.05) is 18.0 Å². The summed E-state index contributed by atoms with van der Waals surface area (Å²) in [6.07, 6.45) is 4.36. The Kier molecular flexibility index (Phi) is 3.65. The maximum absolute atomic E-state index is 12.9. The maximum Gasteiger partial charge on any atom is 0.290 e. The molecule has 6 nitrogen and oxygen atoms in total. The van der Waals surface area contributed by atoms with E-state index in [1.54, 1.807) is 17.0 Å².